The molecule has 5 heteroatoms. The molecule has 0 radical (unpaired) electrons. The maximum absolute atomic E-state index is 13.4. The highest BCUT2D eigenvalue weighted by Crippen LogP contribution is 2.22. The quantitative estimate of drug-likeness (QED) is 0.583. The number of aldehydes is 1. The molecule has 0 amide bonds. The van der Waals surface area contributed by atoms with Crippen LogP contribution in [0.15, 0.2) is 18.2 Å². The summed E-state index contributed by atoms with van der Waals surface area (Å²) in [6.45, 7) is 3.30. The summed E-state index contributed by atoms with van der Waals surface area (Å²) < 4.78 is 23.2. The number of rotatable bonds is 5. The number of ether oxygens (including phenoxy) is 2. The first-order valence-corrected chi connectivity index (χ1v) is 5.17. The van der Waals surface area contributed by atoms with Crippen LogP contribution in [0.3, 0.4) is 0 Å². The molecule has 0 aromatic heterocycles. The molecule has 1 aromatic rings. The summed E-state index contributed by atoms with van der Waals surface area (Å²) in [5, 5.41) is 0. The van der Waals surface area contributed by atoms with Crippen LogP contribution in [0.5, 0.6) is 5.75 Å². The van der Waals surface area contributed by atoms with Gasteiger partial charge in [0.05, 0.1) is 12.2 Å². The molecule has 0 spiro atoms. The van der Waals surface area contributed by atoms with Crippen LogP contribution in [0.4, 0.5) is 4.39 Å². The average Bonchev–Trinajstić information content (AvgIpc) is 2.31. The molecular weight excluding hydrogens is 227 g/mol. The fourth-order valence-electron chi connectivity index (χ4n) is 1.23. The van der Waals surface area contributed by atoms with E-state index in [0.29, 0.717) is 6.29 Å². The third kappa shape index (κ3) is 3.27. The topological polar surface area (TPSA) is 52.6 Å². The highest BCUT2D eigenvalue weighted by Gasteiger charge is 2.19. The molecule has 1 aromatic carbocycles. The molecule has 0 N–H and O–H groups in total. The maximum Gasteiger partial charge on any atom is 0.347 e. The fraction of sp³-hybridized carbons (Fsp3) is 0.333. The normalized spacial score (nSPS) is 11.7. The summed E-state index contributed by atoms with van der Waals surface area (Å²) in [4.78, 5) is 22.0. The van der Waals surface area contributed by atoms with Gasteiger partial charge in [-0.15, -0.1) is 0 Å². The van der Waals surface area contributed by atoms with Crippen LogP contribution in [0.2, 0.25) is 0 Å². The van der Waals surface area contributed by atoms with Crippen molar-refractivity contribution < 1.29 is 23.5 Å². The predicted octanol–water partition coefficient (Wildman–Crippen LogP) is 1.97. The summed E-state index contributed by atoms with van der Waals surface area (Å²) in [6.07, 6.45) is -0.499. The third-order valence-corrected chi connectivity index (χ3v) is 2.04. The highest BCUT2D eigenvalue weighted by molar-refractivity contribution is 5.80. The molecule has 0 saturated carbocycles. The van der Waals surface area contributed by atoms with Gasteiger partial charge in [-0.25, -0.2) is 9.18 Å². The minimum atomic E-state index is -0.967. The largest absolute Gasteiger partial charge is 0.475 e. The molecule has 0 aliphatic heterocycles. The Morgan fingerprint density at radius 1 is 1.53 bits per heavy atom. The van der Waals surface area contributed by atoms with Crippen LogP contribution in [0, 0.1) is 5.82 Å². The lowest BCUT2D eigenvalue weighted by Crippen LogP contribution is -2.26. The Hall–Kier alpha value is -1.91. The molecule has 1 rings (SSSR count). The Bertz CT molecular complexity index is 417. The molecule has 4 nitrogen and oxygen atoms in total. The van der Waals surface area contributed by atoms with Crippen molar-refractivity contribution in [3.05, 3.63) is 29.6 Å². The monoisotopic (exact) mass is 240 g/mol. The predicted molar refractivity (Wildman–Crippen MR) is 58.5 cm³/mol. The van der Waals surface area contributed by atoms with Crippen LogP contribution in [0.25, 0.3) is 0 Å². The minimum absolute atomic E-state index is 0.0566. The van der Waals surface area contributed by atoms with Gasteiger partial charge in [0.15, 0.2) is 24.0 Å². The molecule has 92 valence electrons. The lowest BCUT2D eigenvalue weighted by Gasteiger charge is -2.14. The van der Waals surface area contributed by atoms with Crippen molar-refractivity contribution in [3.8, 4) is 5.75 Å². The van der Waals surface area contributed by atoms with E-state index < -0.39 is 17.9 Å². The van der Waals surface area contributed by atoms with Gasteiger partial charge in [-0.1, -0.05) is 6.07 Å². The summed E-state index contributed by atoms with van der Waals surface area (Å²) in [5.74, 6) is -1.53. The highest BCUT2D eigenvalue weighted by atomic mass is 19.1. The Morgan fingerprint density at radius 3 is 2.82 bits per heavy atom. The average molecular weight is 240 g/mol. The number of carbonyl (C=O) groups excluding carboxylic acids is 2. The molecule has 0 aliphatic carbocycles. The maximum atomic E-state index is 13.4. The van der Waals surface area contributed by atoms with Crippen molar-refractivity contribution >= 4 is 12.3 Å². The molecular formula is C12H13FO4. The summed E-state index contributed by atoms with van der Waals surface area (Å²) in [7, 11) is 0. The van der Waals surface area contributed by atoms with Crippen LogP contribution < -0.4 is 4.74 Å². The van der Waals surface area contributed by atoms with Crippen molar-refractivity contribution in [3.63, 3.8) is 0 Å². The first kappa shape index (κ1) is 13.2. The number of halogens is 1. The number of benzene rings is 1. The lowest BCUT2D eigenvalue weighted by atomic mass is 10.2. The first-order valence-electron chi connectivity index (χ1n) is 5.17. The van der Waals surface area contributed by atoms with Crippen molar-refractivity contribution in [1.29, 1.82) is 0 Å². The number of esters is 1. The van der Waals surface area contributed by atoms with Gasteiger partial charge in [-0.2, -0.15) is 0 Å². The Morgan fingerprint density at radius 2 is 2.24 bits per heavy atom. The Labute approximate surface area is 98.3 Å². The zero-order chi connectivity index (χ0) is 12.8. The molecule has 0 aliphatic rings. The Balaban J connectivity index is 2.87. The van der Waals surface area contributed by atoms with E-state index >= 15 is 0 Å². The van der Waals surface area contributed by atoms with Gasteiger partial charge in [0, 0.05) is 0 Å². The van der Waals surface area contributed by atoms with E-state index in [9.17, 15) is 14.0 Å². The van der Waals surface area contributed by atoms with Gasteiger partial charge in [-0.05, 0) is 26.0 Å². The second kappa shape index (κ2) is 5.98. The second-order valence-corrected chi connectivity index (χ2v) is 3.29. The van der Waals surface area contributed by atoms with E-state index in [1.54, 1.807) is 6.92 Å². The van der Waals surface area contributed by atoms with Gasteiger partial charge in [-0.3, -0.25) is 4.79 Å². The molecule has 0 saturated heterocycles. The molecule has 17 heavy (non-hydrogen) atoms. The third-order valence-electron chi connectivity index (χ3n) is 2.04. The van der Waals surface area contributed by atoms with E-state index in [4.69, 9.17) is 9.47 Å². The van der Waals surface area contributed by atoms with Gasteiger partial charge in [0.2, 0.25) is 0 Å². The van der Waals surface area contributed by atoms with Gasteiger partial charge in [0.1, 0.15) is 0 Å². The van der Waals surface area contributed by atoms with E-state index in [-0.39, 0.29) is 17.9 Å². The zero-order valence-electron chi connectivity index (χ0n) is 9.60. The van der Waals surface area contributed by atoms with Gasteiger partial charge < -0.3 is 9.47 Å². The van der Waals surface area contributed by atoms with Crippen LogP contribution in [-0.4, -0.2) is 25.0 Å². The Kier molecular flexibility index (Phi) is 4.63. The van der Waals surface area contributed by atoms with Crippen molar-refractivity contribution in [2.75, 3.05) is 6.61 Å². The standard InChI is InChI=1S/C12H13FO4/c1-3-16-12(15)8(2)17-11-9(7-14)5-4-6-10(11)13/h4-8H,3H2,1-2H3. The van der Waals surface area contributed by atoms with E-state index in [0.717, 1.165) is 6.07 Å². The number of para-hydroxylation sites is 1. The van der Waals surface area contributed by atoms with Gasteiger partial charge in [0.25, 0.3) is 0 Å². The van der Waals surface area contributed by atoms with E-state index in [2.05, 4.69) is 0 Å². The van der Waals surface area contributed by atoms with Crippen LogP contribution in [-0.2, 0) is 9.53 Å². The molecule has 0 bridgehead atoms. The van der Waals surface area contributed by atoms with Crippen molar-refractivity contribution in [2.24, 2.45) is 0 Å². The zero-order valence-corrected chi connectivity index (χ0v) is 9.60. The van der Waals surface area contributed by atoms with Crippen LogP contribution in [0.1, 0.15) is 24.2 Å². The van der Waals surface area contributed by atoms with E-state index in [1.165, 1.54) is 19.1 Å². The van der Waals surface area contributed by atoms with Gasteiger partial charge >= 0.3 is 5.97 Å². The van der Waals surface area contributed by atoms with Crippen molar-refractivity contribution in [1.82, 2.24) is 0 Å². The minimum Gasteiger partial charge on any atom is -0.475 e. The fourth-order valence-corrected chi connectivity index (χ4v) is 1.23. The molecule has 0 fully saturated rings. The molecule has 0 heterocycles. The second-order valence-electron chi connectivity index (χ2n) is 3.29. The first-order chi connectivity index (χ1) is 8.10. The molecule has 1 atom stereocenters. The van der Waals surface area contributed by atoms with Crippen LogP contribution >= 0.6 is 0 Å². The summed E-state index contributed by atoms with van der Waals surface area (Å²) in [6, 6.07) is 3.95. The SMILES string of the molecule is CCOC(=O)C(C)Oc1c(F)cccc1C=O. The number of hydrogen-bond donors (Lipinski definition) is 0. The van der Waals surface area contributed by atoms with Crippen molar-refractivity contribution in [2.45, 2.75) is 20.0 Å². The summed E-state index contributed by atoms with van der Waals surface area (Å²) in [5.41, 5.74) is 0.0566. The summed E-state index contributed by atoms with van der Waals surface area (Å²) >= 11 is 0. The lowest BCUT2D eigenvalue weighted by molar-refractivity contribution is -0.150. The smallest absolute Gasteiger partial charge is 0.347 e. The molecule has 1 unspecified atom stereocenters. The van der Waals surface area contributed by atoms with E-state index in [1.807, 2.05) is 0 Å². The number of hydrogen-bond acceptors (Lipinski definition) is 4. The number of carbonyl (C=O) groups is 2.